The zero-order chi connectivity index (χ0) is 22.4. The van der Waals surface area contributed by atoms with Crippen LogP contribution >= 0.6 is 0 Å². The van der Waals surface area contributed by atoms with E-state index in [9.17, 15) is 22.7 Å². The number of nitrogens with zero attached hydrogens (tertiary/aromatic N) is 4. The van der Waals surface area contributed by atoms with Crippen LogP contribution in [0, 0.1) is 5.82 Å². The molecule has 0 saturated carbocycles. The van der Waals surface area contributed by atoms with Gasteiger partial charge >= 0.3 is 0 Å². The minimum atomic E-state index is -4.03. The molecule has 0 aliphatic carbocycles. The maximum absolute atomic E-state index is 13.2. The lowest BCUT2D eigenvalue weighted by Crippen LogP contribution is -2.36. The Balaban J connectivity index is 1.87. The van der Waals surface area contributed by atoms with Gasteiger partial charge in [-0.05, 0) is 19.3 Å². The van der Waals surface area contributed by atoms with Crippen LogP contribution in [0.5, 0.6) is 5.88 Å². The van der Waals surface area contributed by atoms with Crippen molar-refractivity contribution in [1.82, 2.24) is 19.5 Å². The van der Waals surface area contributed by atoms with E-state index >= 15 is 0 Å². The SMILES string of the molecule is CCCCc1nc(O)c(NS(=O)(=O)CCc2ncc(F)cn2)c(=O)n1[C@@H]1CCCOC1. The summed E-state index contributed by atoms with van der Waals surface area (Å²) in [5.74, 6) is -1.20. The van der Waals surface area contributed by atoms with Crippen LogP contribution in [0.4, 0.5) is 10.1 Å². The first-order valence-electron chi connectivity index (χ1n) is 10.2. The van der Waals surface area contributed by atoms with Crippen molar-refractivity contribution in [1.29, 1.82) is 0 Å². The molecule has 0 amide bonds. The van der Waals surface area contributed by atoms with E-state index in [1.54, 1.807) is 0 Å². The molecule has 0 unspecified atom stereocenters. The van der Waals surface area contributed by atoms with Gasteiger partial charge in [0.1, 0.15) is 11.6 Å². The largest absolute Gasteiger partial charge is 0.492 e. The predicted molar refractivity (Wildman–Crippen MR) is 111 cm³/mol. The van der Waals surface area contributed by atoms with E-state index < -0.39 is 38.7 Å². The Hall–Kier alpha value is -2.60. The number of unbranched alkanes of at least 4 members (excludes halogenated alkanes) is 1. The molecule has 1 aliphatic heterocycles. The number of anilines is 1. The Morgan fingerprint density at radius 1 is 1.32 bits per heavy atom. The number of sulfonamides is 1. The molecular formula is C19H26FN5O5S. The van der Waals surface area contributed by atoms with Gasteiger partial charge < -0.3 is 9.84 Å². The maximum Gasteiger partial charge on any atom is 0.282 e. The quantitative estimate of drug-likeness (QED) is 0.581. The minimum Gasteiger partial charge on any atom is -0.492 e. The van der Waals surface area contributed by atoms with Crippen molar-refractivity contribution in [2.75, 3.05) is 23.7 Å². The lowest BCUT2D eigenvalue weighted by atomic mass is 10.1. The molecule has 3 heterocycles. The monoisotopic (exact) mass is 455 g/mol. The first-order valence-corrected chi connectivity index (χ1v) is 11.8. The normalized spacial score (nSPS) is 16.9. The number of aryl methyl sites for hydroxylation is 2. The molecule has 10 nitrogen and oxygen atoms in total. The standard InChI is InChI=1S/C19H26FN5O5S/c1-2-3-6-16-23-18(26)17(19(27)25(16)14-5-4-8-30-12-14)24-31(28,29)9-7-15-21-10-13(20)11-22-15/h10-11,14,24,26H,2-9,12H2,1H3/t14-/m1/s1. The van der Waals surface area contributed by atoms with E-state index in [4.69, 9.17) is 4.74 Å². The lowest BCUT2D eigenvalue weighted by molar-refractivity contribution is 0.0564. The van der Waals surface area contributed by atoms with Gasteiger partial charge in [0.25, 0.3) is 5.56 Å². The summed E-state index contributed by atoms with van der Waals surface area (Å²) in [4.78, 5) is 24.7. The molecule has 0 bridgehead atoms. The average molecular weight is 456 g/mol. The Morgan fingerprint density at radius 2 is 2.06 bits per heavy atom. The van der Waals surface area contributed by atoms with Crippen molar-refractivity contribution in [3.8, 4) is 5.88 Å². The van der Waals surface area contributed by atoms with E-state index in [0.717, 1.165) is 31.7 Å². The molecule has 1 saturated heterocycles. The zero-order valence-corrected chi connectivity index (χ0v) is 18.1. The van der Waals surface area contributed by atoms with Gasteiger partial charge in [-0.2, -0.15) is 4.98 Å². The number of aromatic nitrogens is 4. The summed E-state index contributed by atoms with van der Waals surface area (Å²) in [7, 11) is -4.03. The fourth-order valence-electron chi connectivity index (χ4n) is 3.37. The second kappa shape index (κ2) is 10.1. The second-order valence-electron chi connectivity index (χ2n) is 7.36. The number of halogens is 1. The van der Waals surface area contributed by atoms with Gasteiger partial charge in [-0.15, -0.1) is 0 Å². The van der Waals surface area contributed by atoms with Crippen LogP contribution in [0.1, 0.15) is 50.3 Å². The number of aromatic hydroxyl groups is 1. The second-order valence-corrected chi connectivity index (χ2v) is 9.21. The van der Waals surface area contributed by atoms with Crippen molar-refractivity contribution in [2.24, 2.45) is 0 Å². The van der Waals surface area contributed by atoms with Crippen LogP contribution in [0.2, 0.25) is 0 Å². The summed E-state index contributed by atoms with van der Waals surface area (Å²) >= 11 is 0. The van der Waals surface area contributed by atoms with E-state index in [2.05, 4.69) is 19.7 Å². The fourth-order valence-corrected chi connectivity index (χ4v) is 4.41. The van der Waals surface area contributed by atoms with Crippen LogP contribution in [0.3, 0.4) is 0 Å². The first kappa shape index (κ1) is 23.1. The summed E-state index contributed by atoms with van der Waals surface area (Å²) in [6, 6.07) is -0.280. The van der Waals surface area contributed by atoms with Gasteiger partial charge in [0.05, 0.1) is 30.8 Å². The maximum atomic E-state index is 13.2. The molecule has 170 valence electrons. The van der Waals surface area contributed by atoms with Crippen molar-refractivity contribution in [3.05, 3.63) is 40.2 Å². The summed E-state index contributed by atoms with van der Waals surface area (Å²) in [6.07, 6.45) is 5.37. The highest BCUT2D eigenvalue weighted by Crippen LogP contribution is 2.24. The van der Waals surface area contributed by atoms with Gasteiger partial charge in [-0.25, -0.2) is 22.8 Å². The summed E-state index contributed by atoms with van der Waals surface area (Å²) in [5, 5.41) is 10.3. The predicted octanol–water partition coefficient (Wildman–Crippen LogP) is 1.56. The summed E-state index contributed by atoms with van der Waals surface area (Å²) in [5.41, 5.74) is -1.15. The number of rotatable bonds is 9. The van der Waals surface area contributed by atoms with Gasteiger partial charge in [-0.1, -0.05) is 13.3 Å². The Morgan fingerprint density at radius 3 is 2.71 bits per heavy atom. The van der Waals surface area contributed by atoms with Gasteiger partial charge in [0.15, 0.2) is 11.5 Å². The van der Waals surface area contributed by atoms with Gasteiger partial charge in [0, 0.05) is 19.4 Å². The summed E-state index contributed by atoms with van der Waals surface area (Å²) in [6.45, 7) is 2.92. The summed E-state index contributed by atoms with van der Waals surface area (Å²) < 4.78 is 47.1. The zero-order valence-electron chi connectivity index (χ0n) is 17.3. The third kappa shape index (κ3) is 5.97. The molecule has 31 heavy (non-hydrogen) atoms. The molecule has 0 aromatic carbocycles. The van der Waals surface area contributed by atoms with E-state index in [1.807, 2.05) is 6.92 Å². The van der Waals surface area contributed by atoms with Crippen molar-refractivity contribution in [3.63, 3.8) is 0 Å². The van der Waals surface area contributed by atoms with Crippen molar-refractivity contribution < 1.29 is 22.7 Å². The average Bonchev–Trinajstić information content (AvgIpc) is 2.75. The Labute approximate surface area is 179 Å². The van der Waals surface area contributed by atoms with Gasteiger partial charge in [-0.3, -0.25) is 14.1 Å². The Kier molecular flexibility index (Phi) is 7.55. The van der Waals surface area contributed by atoms with Crippen LogP contribution in [-0.4, -0.2) is 52.0 Å². The highest BCUT2D eigenvalue weighted by molar-refractivity contribution is 7.92. The molecule has 1 fully saturated rings. The fraction of sp³-hybridized carbons (Fsp3) is 0.579. The number of hydrogen-bond acceptors (Lipinski definition) is 8. The van der Waals surface area contributed by atoms with E-state index in [0.29, 0.717) is 31.9 Å². The number of hydrogen-bond donors (Lipinski definition) is 2. The van der Waals surface area contributed by atoms with Crippen LogP contribution < -0.4 is 10.3 Å². The number of nitrogens with one attached hydrogen (secondary N) is 1. The molecular weight excluding hydrogens is 429 g/mol. The molecule has 0 spiro atoms. The van der Waals surface area contributed by atoms with Gasteiger partial charge in [0.2, 0.25) is 15.9 Å². The minimum absolute atomic E-state index is 0.0942. The smallest absolute Gasteiger partial charge is 0.282 e. The van der Waals surface area contributed by atoms with Crippen LogP contribution in [-0.2, 0) is 27.6 Å². The molecule has 0 radical (unpaired) electrons. The molecule has 1 atom stereocenters. The molecule has 1 aliphatic rings. The Bertz CT molecular complexity index is 1050. The van der Waals surface area contributed by atoms with E-state index in [-0.39, 0.29) is 18.3 Å². The van der Waals surface area contributed by atoms with E-state index in [1.165, 1.54) is 4.57 Å². The third-order valence-corrected chi connectivity index (χ3v) is 6.21. The van der Waals surface area contributed by atoms with Crippen LogP contribution in [0.15, 0.2) is 17.2 Å². The third-order valence-electron chi connectivity index (χ3n) is 4.95. The molecule has 3 rings (SSSR count). The first-order chi connectivity index (χ1) is 14.8. The number of ether oxygens (including phenoxy) is 1. The molecule has 2 aromatic heterocycles. The molecule has 2 aromatic rings. The van der Waals surface area contributed by atoms with Crippen molar-refractivity contribution >= 4 is 15.7 Å². The highest BCUT2D eigenvalue weighted by atomic mass is 32.2. The van der Waals surface area contributed by atoms with Crippen molar-refractivity contribution in [2.45, 2.75) is 51.5 Å². The highest BCUT2D eigenvalue weighted by Gasteiger charge is 2.26. The topological polar surface area (TPSA) is 136 Å². The lowest BCUT2D eigenvalue weighted by Gasteiger charge is -2.27. The molecule has 12 heteroatoms. The van der Waals surface area contributed by atoms with Crippen LogP contribution in [0.25, 0.3) is 0 Å². The molecule has 2 N–H and O–H groups in total.